The molecule has 138 valence electrons. The van der Waals surface area contributed by atoms with Gasteiger partial charge >= 0.3 is 18.5 Å². The van der Waals surface area contributed by atoms with Crippen molar-refractivity contribution in [2.45, 2.75) is 6.18 Å². The number of hydrogen-bond acceptors (Lipinski definition) is 6. The molecule has 0 fully saturated rings. The summed E-state index contributed by atoms with van der Waals surface area (Å²) >= 11 is 0. The van der Waals surface area contributed by atoms with E-state index in [9.17, 15) is 22.8 Å². The van der Waals surface area contributed by atoms with E-state index in [0.29, 0.717) is 11.1 Å². The molecule has 0 aliphatic heterocycles. The highest BCUT2D eigenvalue weighted by Gasteiger charge is 2.30. The van der Waals surface area contributed by atoms with Gasteiger partial charge in [0.25, 0.3) is 0 Å². The van der Waals surface area contributed by atoms with Crippen molar-refractivity contribution in [3.05, 3.63) is 48.5 Å². The second kappa shape index (κ2) is 8.24. The molecule has 0 aliphatic rings. The maximum atomic E-state index is 12.1. The first kappa shape index (κ1) is 19.1. The number of hydrogen-bond donors (Lipinski definition) is 0. The fraction of sp³-hybridized carbons (Fsp3) is 0.176. The Labute approximate surface area is 146 Å². The molecule has 2 aromatic rings. The molecule has 0 atom stereocenters. The van der Waals surface area contributed by atoms with Crippen molar-refractivity contribution in [2.75, 3.05) is 13.7 Å². The Kier molecular flexibility index (Phi) is 6.05. The van der Waals surface area contributed by atoms with Crippen LogP contribution in [0.2, 0.25) is 0 Å². The van der Waals surface area contributed by atoms with Crippen molar-refractivity contribution in [1.29, 1.82) is 0 Å². The average molecular weight is 370 g/mol. The lowest BCUT2D eigenvalue weighted by atomic mass is 10.0. The maximum Gasteiger partial charge on any atom is 0.514 e. The van der Waals surface area contributed by atoms with Crippen LogP contribution in [0, 0.1) is 0 Å². The summed E-state index contributed by atoms with van der Waals surface area (Å²) in [5.41, 5.74) is 0.660. The highest BCUT2D eigenvalue weighted by molar-refractivity contribution is 5.80. The number of rotatable bonds is 4. The summed E-state index contributed by atoms with van der Waals surface area (Å²) in [5.74, 6) is 0.0413. The fourth-order valence-corrected chi connectivity index (χ4v) is 1.95. The third-order valence-electron chi connectivity index (χ3n) is 2.97. The van der Waals surface area contributed by atoms with Gasteiger partial charge in [0.15, 0.2) is 6.61 Å². The predicted molar refractivity (Wildman–Crippen MR) is 82.9 cm³/mol. The SMILES string of the molecule is COC(=O)Oc1ccccc1-c1ccccc1OC(=O)OCC(F)(F)F. The van der Waals surface area contributed by atoms with Crippen molar-refractivity contribution in [1.82, 2.24) is 0 Å². The van der Waals surface area contributed by atoms with Gasteiger partial charge in [-0.2, -0.15) is 13.2 Å². The molecule has 0 N–H and O–H groups in total. The molecule has 0 saturated heterocycles. The molecule has 0 saturated carbocycles. The number of carbonyl (C=O) groups is 2. The lowest BCUT2D eigenvalue weighted by molar-refractivity contribution is -0.163. The Hall–Kier alpha value is -3.23. The third-order valence-corrected chi connectivity index (χ3v) is 2.97. The zero-order chi connectivity index (χ0) is 19.2. The Morgan fingerprint density at radius 3 is 1.77 bits per heavy atom. The van der Waals surface area contributed by atoms with Crippen molar-refractivity contribution >= 4 is 12.3 Å². The second-order valence-electron chi connectivity index (χ2n) is 4.80. The number of benzene rings is 2. The molecular formula is C17H13F3O6. The Balaban J connectivity index is 2.27. The van der Waals surface area contributed by atoms with Crippen LogP contribution in [0.5, 0.6) is 11.5 Å². The topological polar surface area (TPSA) is 71.1 Å². The van der Waals surface area contributed by atoms with Gasteiger partial charge in [-0.3, -0.25) is 0 Å². The van der Waals surface area contributed by atoms with E-state index >= 15 is 0 Å². The summed E-state index contributed by atoms with van der Waals surface area (Å²) in [6.07, 6.45) is -7.14. The average Bonchev–Trinajstić information content (AvgIpc) is 2.60. The van der Waals surface area contributed by atoms with Gasteiger partial charge in [-0.25, -0.2) is 9.59 Å². The van der Waals surface area contributed by atoms with Gasteiger partial charge in [-0.1, -0.05) is 36.4 Å². The van der Waals surface area contributed by atoms with Crippen molar-refractivity contribution in [2.24, 2.45) is 0 Å². The largest absolute Gasteiger partial charge is 0.514 e. The second-order valence-corrected chi connectivity index (χ2v) is 4.80. The zero-order valence-electron chi connectivity index (χ0n) is 13.4. The lowest BCUT2D eigenvalue weighted by Crippen LogP contribution is -2.22. The molecule has 0 radical (unpaired) electrons. The first-order valence-corrected chi connectivity index (χ1v) is 7.16. The van der Waals surface area contributed by atoms with Crippen LogP contribution >= 0.6 is 0 Å². The molecule has 9 heteroatoms. The minimum atomic E-state index is -4.67. The summed E-state index contributed by atoms with van der Waals surface area (Å²) in [7, 11) is 1.14. The van der Waals surface area contributed by atoms with Crippen LogP contribution in [-0.4, -0.2) is 32.2 Å². The van der Waals surface area contributed by atoms with E-state index in [2.05, 4.69) is 9.47 Å². The standard InChI is InChI=1S/C17H13F3O6/c1-23-15(21)25-13-8-4-2-6-11(13)12-7-3-5-9-14(12)26-16(22)24-10-17(18,19)20/h2-9H,10H2,1H3. The van der Waals surface area contributed by atoms with Gasteiger partial charge < -0.3 is 18.9 Å². The molecule has 0 heterocycles. The predicted octanol–water partition coefficient (Wildman–Crippen LogP) is 4.58. The third kappa shape index (κ3) is 5.40. The van der Waals surface area contributed by atoms with E-state index in [1.54, 1.807) is 24.3 Å². The van der Waals surface area contributed by atoms with Crippen LogP contribution < -0.4 is 9.47 Å². The quantitative estimate of drug-likeness (QED) is 0.580. The van der Waals surface area contributed by atoms with Gasteiger partial charge in [0, 0.05) is 11.1 Å². The fourth-order valence-electron chi connectivity index (χ4n) is 1.95. The van der Waals surface area contributed by atoms with Crippen LogP contribution in [0.3, 0.4) is 0 Å². The van der Waals surface area contributed by atoms with E-state index in [-0.39, 0.29) is 11.5 Å². The minimum Gasteiger partial charge on any atom is -0.437 e. The number of carbonyl (C=O) groups excluding carboxylic acids is 2. The Bertz CT molecular complexity index is 788. The summed E-state index contributed by atoms with van der Waals surface area (Å²) in [5, 5.41) is 0. The molecular weight excluding hydrogens is 357 g/mol. The molecule has 0 amide bonds. The highest BCUT2D eigenvalue weighted by atomic mass is 19.4. The molecule has 0 bridgehead atoms. The number of para-hydroxylation sites is 2. The van der Waals surface area contributed by atoms with E-state index in [1.807, 2.05) is 0 Å². The van der Waals surface area contributed by atoms with Crippen molar-refractivity contribution in [3.8, 4) is 22.6 Å². The molecule has 0 aromatic heterocycles. The monoisotopic (exact) mass is 370 g/mol. The van der Waals surface area contributed by atoms with Crippen LogP contribution in [0.4, 0.5) is 22.8 Å². The number of halogens is 3. The number of ether oxygens (including phenoxy) is 4. The van der Waals surface area contributed by atoms with Crippen LogP contribution in [0.1, 0.15) is 0 Å². The first-order valence-electron chi connectivity index (χ1n) is 7.16. The van der Waals surface area contributed by atoms with Crippen LogP contribution in [0.15, 0.2) is 48.5 Å². The molecule has 2 aromatic carbocycles. The van der Waals surface area contributed by atoms with Crippen molar-refractivity contribution in [3.63, 3.8) is 0 Å². The molecule has 0 spiro atoms. The summed E-state index contributed by atoms with van der Waals surface area (Å²) < 4.78 is 54.7. The zero-order valence-corrected chi connectivity index (χ0v) is 13.4. The normalized spacial score (nSPS) is 10.8. The first-order chi connectivity index (χ1) is 12.3. The van der Waals surface area contributed by atoms with E-state index in [4.69, 9.17) is 9.47 Å². The van der Waals surface area contributed by atoms with Gasteiger partial charge in [0.2, 0.25) is 0 Å². The lowest BCUT2D eigenvalue weighted by Gasteiger charge is -2.13. The summed E-state index contributed by atoms with van der Waals surface area (Å²) in [4.78, 5) is 22.9. The summed E-state index contributed by atoms with van der Waals surface area (Å²) in [6, 6.07) is 12.3. The van der Waals surface area contributed by atoms with Crippen LogP contribution in [0.25, 0.3) is 11.1 Å². The van der Waals surface area contributed by atoms with Crippen molar-refractivity contribution < 1.29 is 41.7 Å². The van der Waals surface area contributed by atoms with E-state index in [1.165, 1.54) is 24.3 Å². The number of alkyl halides is 3. The van der Waals surface area contributed by atoms with Gasteiger partial charge in [0.05, 0.1) is 7.11 Å². The molecule has 0 aliphatic carbocycles. The minimum absolute atomic E-state index is 0.0689. The van der Waals surface area contributed by atoms with Crippen LogP contribution in [-0.2, 0) is 9.47 Å². The Morgan fingerprint density at radius 2 is 1.31 bits per heavy atom. The molecule has 26 heavy (non-hydrogen) atoms. The van der Waals surface area contributed by atoms with Gasteiger partial charge in [-0.15, -0.1) is 0 Å². The van der Waals surface area contributed by atoms with Gasteiger partial charge in [0.1, 0.15) is 11.5 Å². The van der Waals surface area contributed by atoms with E-state index in [0.717, 1.165) is 7.11 Å². The van der Waals surface area contributed by atoms with E-state index < -0.39 is 25.1 Å². The molecule has 0 unspecified atom stereocenters. The summed E-state index contributed by atoms with van der Waals surface area (Å²) in [6.45, 7) is -1.77. The maximum absolute atomic E-state index is 12.1. The molecule has 2 rings (SSSR count). The Morgan fingerprint density at radius 1 is 0.846 bits per heavy atom. The molecule has 6 nitrogen and oxygen atoms in total. The number of methoxy groups -OCH3 is 1. The highest BCUT2D eigenvalue weighted by Crippen LogP contribution is 2.36. The smallest absolute Gasteiger partial charge is 0.437 e. The van der Waals surface area contributed by atoms with Gasteiger partial charge in [-0.05, 0) is 12.1 Å².